The SMILES string of the molecule is CC(C)CCCC1CC2CC2C1. The normalized spacial score (nSPS) is 38.8. The van der Waals surface area contributed by atoms with Crippen molar-refractivity contribution >= 4 is 0 Å². The van der Waals surface area contributed by atoms with Gasteiger partial charge in [0.05, 0.1) is 0 Å². The van der Waals surface area contributed by atoms with E-state index in [1.807, 2.05) is 0 Å². The molecule has 2 unspecified atom stereocenters. The van der Waals surface area contributed by atoms with Crippen molar-refractivity contribution in [3.05, 3.63) is 0 Å². The van der Waals surface area contributed by atoms with Crippen LogP contribution in [0.2, 0.25) is 0 Å². The van der Waals surface area contributed by atoms with Crippen LogP contribution >= 0.6 is 0 Å². The molecule has 0 aromatic heterocycles. The first-order chi connectivity index (χ1) is 5.75. The van der Waals surface area contributed by atoms with Crippen LogP contribution in [0.4, 0.5) is 0 Å². The highest BCUT2D eigenvalue weighted by atomic mass is 14.5. The van der Waals surface area contributed by atoms with E-state index in [-0.39, 0.29) is 0 Å². The smallest absolute Gasteiger partial charge is 0.0380 e. The Labute approximate surface area is 76.7 Å². The number of hydrogen-bond donors (Lipinski definition) is 0. The van der Waals surface area contributed by atoms with Crippen LogP contribution < -0.4 is 0 Å². The summed E-state index contributed by atoms with van der Waals surface area (Å²) in [6, 6.07) is 0. The van der Waals surface area contributed by atoms with Gasteiger partial charge in [-0.05, 0) is 42.9 Å². The zero-order chi connectivity index (χ0) is 8.55. The molecular formula is C12H22. The lowest BCUT2D eigenvalue weighted by Gasteiger charge is -2.11. The summed E-state index contributed by atoms with van der Waals surface area (Å²) < 4.78 is 0. The quantitative estimate of drug-likeness (QED) is 0.595. The fourth-order valence-electron chi connectivity index (χ4n) is 2.89. The Morgan fingerprint density at radius 2 is 1.75 bits per heavy atom. The maximum absolute atomic E-state index is 2.34. The van der Waals surface area contributed by atoms with E-state index in [9.17, 15) is 0 Å². The van der Waals surface area contributed by atoms with Gasteiger partial charge >= 0.3 is 0 Å². The second-order valence-electron chi connectivity index (χ2n) is 5.42. The second-order valence-corrected chi connectivity index (χ2v) is 5.42. The Kier molecular flexibility index (Phi) is 2.43. The van der Waals surface area contributed by atoms with Crippen molar-refractivity contribution in [3.63, 3.8) is 0 Å². The minimum atomic E-state index is 0.918. The van der Waals surface area contributed by atoms with Crippen molar-refractivity contribution in [2.24, 2.45) is 23.7 Å². The van der Waals surface area contributed by atoms with Gasteiger partial charge in [-0.1, -0.05) is 33.1 Å². The Morgan fingerprint density at radius 1 is 1.08 bits per heavy atom. The zero-order valence-electron chi connectivity index (χ0n) is 8.55. The van der Waals surface area contributed by atoms with Gasteiger partial charge in [-0.15, -0.1) is 0 Å². The Balaban J connectivity index is 1.56. The lowest BCUT2D eigenvalue weighted by atomic mass is 9.95. The van der Waals surface area contributed by atoms with Gasteiger partial charge in [-0.25, -0.2) is 0 Å². The molecule has 0 amide bonds. The summed E-state index contributed by atoms with van der Waals surface area (Å²) in [6.45, 7) is 4.68. The second kappa shape index (κ2) is 3.40. The number of rotatable bonds is 4. The highest BCUT2D eigenvalue weighted by Gasteiger charge is 2.45. The topological polar surface area (TPSA) is 0 Å². The minimum absolute atomic E-state index is 0.918. The molecular weight excluding hydrogens is 144 g/mol. The fraction of sp³-hybridized carbons (Fsp3) is 1.00. The van der Waals surface area contributed by atoms with Crippen LogP contribution in [0.25, 0.3) is 0 Å². The lowest BCUT2D eigenvalue weighted by molar-refractivity contribution is 0.411. The van der Waals surface area contributed by atoms with Crippen LogP contribution in [0.5, 0.6) is 0 Å². The molecule has 0 aliphatic heterocycles. The molecule has 2 aliphatic rings. The first kappa shape index (κ1) is 8.59. The van der Waals surface area contributed by atoms with E-state index in [1.165, 1.54) is 31.1 Å². The Bertz CT molecular complexity index is 138. The first-order valence-corrected chi connectivity index (χ1v) is 5.75. The molecule has 2 rings (SSSR count). The maximum Gasteiger partial charge on any atom is -0.0380 e. The molecule has 0 N–H and O–H groups in total. The van der Waals surface area contributed by atoms with E-state index in [0.29, 0.717) is 0 Å². The molecule has 70 valence electrons. The zero-order valence-corrected chi connectivity index (χ0v) is 8.55. The molecule has 2 atom stereocenters. The molecule has 12 heavy (non-hydrogen) atoms. The third kappa shape index (κ3) is 2.02. The Hall–Kier alpha value is 0. The summed E-state index contributed by atoms with van der Waals surface area (Å²) in [7, 11) is 0. The van der Waals surface area contributed by atoms with Crippen molar-refractivity contribution in [1.29, 1.82) is 0 Å². The molecule has 0 radical (unpaired) electrons. The molecule has 0 spiro atoms. The summed E-state index contributed by atoms with van der Waals surface area (Å²) in [4.78, 5) is 0. The van der Waals surface area contributed by atoms with Gasteiger partial charge in [0.2, 0.25) is 0 Å². The third-order valence-corrected chi connectivity index (χ3v) is 3.74. The van der Waals surface area contributed by atoms with E-state index in [1.54, 1.807) is 19.3 Å². The van der Waals surface area contributed by atoms with Crippen LogP contribution in [0.15, 0.2) is 0 Å². The van der Waals surface area contributed by atoms with Crippen molar-refractivity contribution < 1.29 is 0 Å². The summed E-state index contributed by atoms with van der Waals surface area (Å²) >= 11 is 0. The van der Waals surface area contributed by atoms with Crippen LogP contribution in [-0.4, -0.2) is 0 Å². The highest BCUT2D eigenvalue weighted by molar-refractivity contribution is 4.95. The van der Waals surface area contributed by atoms with Crippen LogP contribution in [0.3, 0.4) is 0 Å². The molecule has 0 heterocycles. The van der Waals surface area contributed by atoms with Gasteiger partial charge in [0, 0.05) is 0 Å². The average molecular weight is 166 g/mol. The summed E-state index contributed by atoms with van der Waals surface area (Å²) in [5, 5.41) is 0. The van der Waals surface area contributed by atoms with Crippen LogP contribution in [0.1, 0.15) is 52.4 Å². The Morgan fingerprint density at radius 3 is 2.33 bits per heavy atom. The lowest BCUT2D eigenvalue weighted by Crippen LogP contribution is -1.98. The molecule has 2 aliphatic carbocycles. The van der Waals surface area contributed by atoms with E-state index in [2.05, 4.69) is 13.8 Å². The van der Waals surface area contributed by atoms with Gasteiger partial charge < -0.3 is 0 Å². The summed E-state index contributed by atoms with van der Waals surface area (Å²) in [6.07, 6.45) is 9.23. The first-order valence-electron chi connectivity index (χ1n) is 5.75. The van der Waals surface area contributed by atoms with Crippen LogP contribution in [0, 0.1) is 23.7 Å². The molecule has 0 aromatic rings. The molecule has 0 saturated heterocycles. The summed E-state index contributed by atoms with van der Waals surface area (Å²) in [5.41, 5.74) is 0. The van der Waals surface area contributed by atoms with Gasteiger partial charge in [0.1, 0.15) is 0 Å². The third-order valence-electron chi connectivity index (χ3n) is 3.74. The van der Waals surface area contributed by atoms with Gasteiger partial charge in [-0.2, -0.15) is 0 Å². The number of hydrogen-bond acceptors (Lipinski definition) is 0. The highest BCUT2D eigenvalue weighted by Crippen LogP contribution is 2.55. The van der Waals surface area contributed by atoms with Gasteiger partial charge in [-0.3, -0.25) is 0 Å². The fourth-order valence-corrected chi connectivity index (χ4v) is 2.89. The van der Waals surface area contributed by atoms with E-state index < -0.39 is 0 Å². The average Bonchev–Trinajstić information content (AvgIpc) is 2.59. The molecule has 2 fully saturated rings. The molecule has 0 bridgehead atoms. The van der Waals surface area contributed by atoms with Gasteiger partial charge in [0.15, 0.2) is 0 Å². The standard InChI is InChI=1S/C12H22/c1-9(2)4-3-5-10-6-11-8-12(11)7-10/h9-12H,3-8H2,1-2H3. The predicted octanol–water partition coefficient (Wildman–Crippen LogP) is 3.86. The van der Waals surface area contributed by atoms with Crippen molar-refractivity contribution in [1.82, 2.24) is 0 Å². The molecule has 0 heteroatoms. The van der Waals surface area contributed by atoms with Crippen molar-refractivity contribution in [2.75, 3.05) is 0 Å². The van der Waals surface area contributed by atoms with E-state index >= 15 is 0 Å². The minimum Gasteiger partial charge on any atom is -0.0628 e. The number of fused-ring (bicyclic) bond motifs is 1. The molecule has 0 nitrogen and oxygen atoms in total. The van der Waals surface area contributed by atoms with Gasteiger partial charge in [0.25, 0.3) is 0 Å². The molecule has 0 aromatic carbocycles. The predicted molar refractivity (Wildman–Crippen MR) is 53.0 cm³/mol. The van der Waals surface area contributed by atoms with E-state index in [0.717, 1.165) is 11.8 Å². The van der Waals surface area contributed by atoms with Crippen molar-refractivity contribution in [3.8, 4) is 0 Å². The maximum atomic E-state index is 2.34. The summed E-state index contributed by atoms with van der Waals surface area (Å²) in [5.74, 6) is 4.43. The van der Waals surface area contributed by atoms with Crippen molar-refractivity contribution in [2.45, 2.75) is 52.4 Å². The van der Waals surface area contributed by atoms with Crippen LogP contribution in [-0.2, 0) is 0 Å². The van der Waals surface area contributed by atoms with E-state index in [4.69, 9.17) is 0 Å². The molecule has 2 saturated carbocycles. The largest absolute Gasteiger partial charge is 0.0628 e. The monoisotopic (exact) mass is 166 g/mol.